The van der Waals surface area contributed by atoms with Crippen molar-refractivity contribution in [2.45, 2.75) is 5.41 Å². The lowest BCUT2D eigenvalue weighted by atomic mass is 9.89. The Labute approximate surface area is 117 Å². The third-order valence-corrected chi connectivity index (χ3v) is 4.71. The predicted octanol–water partition coefficient (Wildman–Crippen LogP) is 3.36. The Balaban J connectivity index is 2.00. The van der Waals surface area contributed by atoms with Crippen molar-refractivity contribution in [2.24, 2.45) is 0 Å². The largest absolute Gasteiger partial charge is 0.377 e. The van der Waals surface area contributed by atoms with Crippen molar-refractivity contribution in [3.05, 3.63) is 39.1 Å². The Morgan fingerprint density at radius 2 is 2.17 bits per heavy atom. The first-order valence-corrected chi connectivity index (χ1v) is 7.12. The third kappa shape index (κ3) is 1.77. The van der Waals surface area contributed by atoms with E-state index < -0.39 is 5.41 Å². The van der Waals surface area contributed by atoms with Gasteiger partial charge in [0.15, 0.2) is 5.41 Å². The van der Waals surface area contributed by atoms with Gasteiger partial charge in [0.25, 0.3) is 0 Å². The van der Waals surface area contributed by atoms with Gasteiger partial charge in [-0.3, -0.25) is 0 Å². The highest BCUT2D eigenvalue weighted by Crippen LogP contribution is 2.37. The Morgan fingerprint density at radius 1 is 1.39 bits per heavy atom. The molecule has 3 nitrogen and oxygen atoms in total. The van der Waals surface area contributed by atoms with Gasteiger partial charge in [-0.2, -0.15) is 5.26 Å². The number of ether oxygens (including phenoxy) is 1. The number of halogens is 1. The van der Waals surface area contributed by atoms with Crippen LogP contribution in [0.3, 0.4) is 0 Å². The first-order chi connectivity index (χ1) is 8.75. The van der Waals surface area contributed by atoms with Gasteiger partial charge in [0, 0.05) is 15.4 Å². The number of benzene rings is 1. The topological polar surface area (TPSA) is 45.9 Å². The van der Waals surface area contributed by atoms with Crippen molar-refractivity contribution < 1.29 is 4.74 Å². The molecule has 2 aromatic rings. The average molecular weight is 321 g/mol. The molecule has 18 heavy (non-hydrogen) atoms. The van der Waals surface area contributed by atoms with Gasteiger partial charge >= 0.3 is 0 Å². The monoisotopic (exact) mass is 320 g/mol. The maximum Gasteiger partial charge on any atom is 0.155 e. The molecule has 90 valence electrons. The molecule has 0 N–H and O–H groups in total. The van der Waals surface area contributed by atoms with Crippen molar-refractivity contribution in [3.63, 3.8) is 0 Å². The Kier molecular flexibility index (Phi) is 2.94. The standard InChI is InChI=1S/C13H9BrN2OS/c14-10-4-2-1-3-9(10)11-5-18-12(16-11)13(6-15)7-17-8-13/h1-5H,7-8H2. The SMILES string of the molecule is N#CC1(c2nc(-c3ccccc3Br)cs2)COC1. The van der Waals surface area contributed by atoms with E-state index in [9.17, 15) is 5.26 Å². The van der Waals surface area contributed by atoms with Crippen molar-refractivity contribution in [3.8, 4) is 17.3 Å². The van der Waals surface area contributed by atoms with Crippen LogP contribution in [0.5, 0.6) is 0 Å². The molecule has 0 bridgehead atoms. The van der Waals surface area contributed by atoms with E-state index in [-0.39, 0.29) is 0 Å². The lowest BCUT2D eigenvalue weighted by Gasteiger charge is -2.32. The van der Waals surface area contributed by atoms with Crippen LogP contribution < -0.4 is 0 Å². The summed E-state index contributed by atoms with van der Waals surface area (Å²) in [4.78, 5) is 4.59. The fourth-order valence-corrected chi connectivity index (χ4v) is 3.26. The van der Waals surface area contributed by atoms with E-state index in [2.05, 4.69) is 27.0 Å². The highest BCUT2D eigenvalue weighted by atomic mass is 79.9. The van der Waals surface area contributed by atoms with Crippen LogP contribution in [0.1, 0.15) is 5.01 Å². The summed E-state index contributed by atoms with van der Waals surface area (Å²) in [6, 6.07) is 10.3. The summed E-state index contributed by atoms with van der Waals surface area (Å²) in [6.07, 6.45) is 0. The fourth-order valence-electron chi connectivity index (χ4n) is 1.83. The van der Waals surface area contributed by atoms with Gasteiger partial charge in [0.05, 0.1) is 25.0 Å². The molecule has 0 radical (unpaired) electrons. The Morgan fingerprint density at radius 3 is 2.78 bits per heavy atom. The van der Waals surface area contributed by atoms with Gasteiger partial charge in [0.2, 0.25) is 0 Å². The van der Waals surface area contributed by atoms with Crippen molar-refractivity contribution in [1.82, 2.24) is 4.98 Å². The van der Waals surface area contributed by atoms with Gasteiger partial charge in [-0.25, -0.2) is 4.98 Å². The molecule has 0 saturated carbocycles. The van der Waals surface area contributed by atoms with Gasteiger partial charge in [-0.15, -0.1) is 11.3 Å². The first-order valence-electron chi connectivity index (χ1n) is 5.45. The molecule has 1 aromatic heterocycles. The molecule has 1 aromatic carbocycles. The fraction of sp³-hybridized carbons (Fsp3) is 0.231. The zero-order chi connectivity index (χ0) is 12.6. The minimum absolute atomic E-state index is 0.451. The summed E-state index contributed by atoms with van der Waals surface area (Å²) in [6.45, 7) is 0.902. The lowest BCUT2D eigenvalue weighted by molar-refractivity contribution is -0.0298. The molecule has 0 aliphatic carbocycles. The predicted molar refractivity (Wildman–Crippen MR) is 73.4 cm³/mol. The van der Waals surface area contributed by atoms with Crippen molar-refractivity contribution in [1.29, 1.82) is 5.26 Å². The van der Waals surface area contributed by atoms with Crippen LogP contribution in [0.25, 0.3) is 11.3 Å². The number of thiazole rings is 1. The minimum Gasteiger partial charge on any atom is -0.377 e. The van der Waals surface area contributed by atoms with E-state index in [1.54, 1.807) is 0 Å². The molecule has 0 spiro atoms. The van der Waals surface area contributed by atoms with Crippen LogP contribution >= 0.6 is 27.3 Å². The summed E-state index contributed by atoms with van der Waals surface area (Å²) in [5, 5.41) is 12.1. The van der Waals surface area contributed by atoms with Crippen molar-refractivity contribution >= 4 is 27.3 Å². The number of rotatable bonds is 2. The summed E-state index contributed by atoms with van der Waals surface area (Å²) >= 11 is 5.04. The third-order valence-electron chi connectivity index (χ3n) is 2.97. The molecular formula is C13H9BrN2OS. The molecule has 1 aliphatic rings. The molecule has 1 aliphatic heterocycles. The Hall–Kier alpha value is -1.22. The number of aromatic nitrogens is 1. The molecular weight excluding hydrogens is 312 g/mol. The van der Waals surface area contributed by atoms with Crippen molar-refractivity contribution in [2.75, 3.05) is 13.2 Å². The van der Waals surface area contributed by atoms with Gasteiger partial charge in [0.1, 0.15) is 5.01 Å². The average Bonchev–Trinajstić information content (AvgIpc) is 2.79. The lowest BCUT2D eigenvalue weighted by Crippen LogP contribution is -2.45. The normalized spacial score (nSPS) is 16.9. The van der Waals surface area contributed by atoms with Crippen LogP contribution in [0.4, 0.5) is 0 Å². The molecule has 0 atom stereocenters. The zero-order valence-electron chi connectivity index (χ0n) is 9.39. The number of nitriles is 1. The maximum atomic E-state index is 9.25. The Bertz CT molecular complexity index is 628. The molecule has 3 rings (SSSR count). The number of nitrogens with zero attached hydrogens (tertiary/aromatic N) is 2. The van der Waals surface area contributed by atoms with Crippen LogP contribution in [-0.4, -0.2) is 18.2 Å². The van der Waals surface area contributed by atoms with Crippen LogP contribution in [0, 0.1) is 11.3 Å². The van der Waals surface area contributed by atoms with Crippen LogP contribution in [0.15, 0.2) is 34.1 Å². The molecule has 1 saturated heterocycles. The molecule has 2 heterocycles. The smallest absolute Gasteiger partial charge is 0.155 e. The van der Waals surface area contributed by atoms with E-state index in [0.717, 1.165) is 20.7 Å². The van der Waals surface area contributed by atoms with Gasteiger partial charge in [-0.05, 0) is 6.07 Å². The molecule has 5 heteroatoms. The van der Waals surface area contributed by atoms with Crippen LogP contribution in [-0.2, 0) is 10.2 Å². The first kappa shape index (κ1) is 11.8. The van der Waals surface area contributed by atoms with Gasteiger partial charge in [-0.1, -0.05) is 34.1 Å². The second-order valence-electron chi connectivity index (χ2n) is 4.20. The summed E-state index contributed by atoms with van der Waals surface area (Å²) < 4.78 is 6.17. The quantitative estimate of drug-likeness (QED) is 0.852. The second kappa shape index (κ2) is 4.47. The molecule has 0 unspecified atom stereocenters. The summed E-state index contributed by atoms with van der Waals surface area (Å²) in [5.41, 5.74) is 1.43. The van der Waals surface area contributed by atoms with E-state index in [4.69, 9.17) is 4.74 Å². The molecule has 0 amide bonds. The highest BCUT2D eigenvalue weighted by Gasteiger charge is 2.43. The summed E-state index contributed by atoms with van der Waals surface area (Å²) in [7, 11) is 0. The zero-order valence-corrected chi connectivity index (χ0v) is 11.8. The second-order valence-corrected chi connectivity index (χ2v) is 5.92. The molecule has 1 fully saturated rings. The van der Waals surface area contributed by atoms with E-state index in [1.807, 2.05) is 29.6 Å². The van der Waals surface area contributed by atoms with E-state index in [0.29, 0.717) is 13.2 Å². The minimum atomic E-state index is -0.524. The number of hydrogen-bond acceptors (Lipinski definition) is 4. The highest BCUT2D eigenvalue weighted by molar-refractivity contribution is 9.10. The van der Waals surface area contributed by atoms with E-state index in [1.165, 1.54) is 11.3 Å². The van der Waals surface area contributed by atoms with E-state index >= 15 is 0 Å². The maximum absolute atomic E-state index is 9.25. The summed E-state index contributed by atoms with van der Waals surface area (Å²) in [5.74, 6) is 0. The van der Waals surface area contributed by atoms with Gasteiger partial charge < -0.3 is 4.74 Å². The van der Waals surface area contributed by atoms with Crippen LogP contribution in [0.2, 0.25) is 0 Å². The number of hydrogen-bond donors (Lipinski definition) is 0.